The van der Waals surface area contributed by atoms with Gasteiger partial charge >= 0.3 is 0 Å². The monoisotopic (exact) mass is 137 g/mol. The summed E-state index contributed by atoms with van der Waals surface area (Å²) in [4.78, 5) is 0. The number of rotatable bonds is 4. The van der Waals surface area contributed by atoms with Crippen molar-refractivity contribution in [3.05, 3.63) is 37.2 Å². The van der Waals surface area contributed by atoms with Crippen LogP contribution in [0.15, 0.2) is 37.2 Å². The van der Waals surface area contributed by atoms with Gasteiger partial charge in [0.25, 0.3) is 0 Å². The van der Waals surface area contributed by atoms with Crippen LogP contribution < -0.4 is 5.32 Å². The van der Waals surface area contributed by atoms with E-state index in [-0.39, 0.29) is 0 Å². The summed E-state index contributed by atoms with van der Waals surface area (Å²) in [6, 6.07) is 0. The molecule has 0 heterocycles. The largest absolute Gasteiger partial charge is 0.368 e. The van der Waals surface area contributed by atoms with Gasteiger partial charge < -0.3 is 5.32 Å². The van der Waals surface area contributed by atoms with Crippen LogP contribution in [-0.2, 0) is 0 Å². The van der Waals surface area contributed by atoms with Crippen molar-refractivity contribution in [2.24, 2.45) is 5.92 Å². The van der Waals surface area contributed by atoms with Gasteiger partial charge in [0.15, 0.2) is 0 Å². The van der Waals surface area contributed by atoms with Crippen molar-refractivity contribution in [1.82, 2.24) is 5.32 Å². The summed E-state index contributed by atoms with van der Waals surface area (Å²) in [5.74, 6) is 0.619. The molecule has 0 unspecified atom stereocenters. The van der Waals surface area contributed by atoms with Crippen molar-refractivity contribution in [3.63, 3.8) is 0 Å². The lowest BCUT2D eigenvalue weighted by Crippen LogP contribution is -1.87. The summed E-state index contributed by atoms with van der Waals surface area (Å²) in [5, 5.41) is 2.85. The SMILES string of the molecule is C=CN/C=C\C=C/C(C)C. The fourth-order valence-corrected chi connectivity index (χ4v) is 0.466. The summed E-state index contributed by atoms with van der Waals surface area (Å²) in [6.45, 7) is 7.80. The van der Waals surface area contributed by atoms with Gasteiger partial charge in [-0.05, 0) is 18.2 Å². The van der Waals surface area contributed by atoms with E-state index >= 15 is 0 Å². The first kappa shape index (κ1) is 9.02. The van der Waals surface area contributed by atoms with Crippen molar-refractivity contribution >= 4 is 0 Å². The molecular formula is C9H15N. The Morgan fingerprint density at radius 2 is 2.00 bits per heavy atom. The topological polar surface area (TPSA) is 12.0 Å². The van der Waals surface area contributed by atoms with Crippen molar-refractivity contribution < 1.29 is 0 Å². The number of hydrogen-bond donors (Lipinski definition) is 1. The van der Waals surface area contributed by atoms with E-state index in [1.165, 1.54) is 0 Å². The molecule has 0 atom stereocenters. The Labute approximate surface area is 63.1 Å². The lowest BCUT2D eigenvalue weighted by molar-refractivity contribution is 0.832. The molecule has 0 aromatic carbocycles. The van der Waals surface area contributed by atoms with Gasteiger partial charge in [0, 0.05) is 6.20 Å². The van der Waals surface area contributed by atoms with E-state index < -0.39 is 0 Å². The maximum absolute atomic E-state index is 3.51. The Balaban J connectivity index is 3.41. The van der Waals surface area contributed by atoms with Gasteiger partial charge in [-0.2, -0.15) is 0 Å². The summed E-state index contributed by atoms with van der Waals surface area (Å²) in [6.07, 6.45) is 9.57. The summed E-state index contributed by atoms with van der Waals surface area (Å²) < 4.78 is 0. The zero-order valence-electron chi connectivity index (χ0n) is 6.67. The standard InChI is InChI=1S/C9H15N/c1-4-10-8-6-5-7-9(2)3/h4-10H,1H2,2-3H3/b7-5-,8-6-. The fraction of sp³-hybridized carbons (Fsp3) is 0.333. The number of nitrogens with one attached hydrogen (secondary N) is 1. The first-order valence-corrected chi connectivity index (χ1v) is 3.47. The molecule has 56 valence electrons. The highest BCUT2D eigenvalue weighted by Crippen LogP contribution is 1.92. The molecule has 0 aliphatic rings. The fourth-order valence-electron chi connectivity index (χ4n) is 0.466. The van der Waals surface area contributed by atoms with E-state index in [1.54, 1.807) is 6.20 Å². The van der Waals surface area contributed by atoms with Crippen molar-refractivity contribution in [2.75, 3.05) is 0 Å². The first-order valence-electron chi connectivity index (χ1n) is 3.47. The molecule has 0 saturated heterocycles. The van der Waals surface area contributed by atoms with E-state index in [2.05, 4.69) is 31.8 Å². The normalized spacial score (nSPS) is 11.5. The van der Waals surface area contributed by atoms with Crippen LogP contribution >= 0.6 is 0 Å². The molecule has 0 radical (unpaired) electrons. The maximum atomic E-state index is 3.51. The van der Waals surface area contributed by atoms with Crippen molar-refractivity contribution in [2.45, 2.75) is 13.8 Å². The average Bonchev–Trinajstić information content (AvgIpc) is 1.87. The van der Waals surface area contributed by atoms with Gasteiger partial charge in [-0.1, -0.05) is 32.6 Å². The van der Waals surface area contributed by atoms with E-state index in [1.807, 2.05) is 18.4 Å². The van der Waals surface area contributed by atoms with E-state index in [0.29, 0.717) is 5.92 Å². The molecule has 0 aliphatic heterocycles. The van der Waals surface area contributed by atoms with Gasteiger partial charge in [0.2, 0.25) is 0 Å². The molecule has 0 spiro atoms. The maximum Gasteiger partial charge on any atom is 0.000407 e. The minimum Gasteiger partial charge on any atom is -0.368 e. The second-order valence-electron chi connectivity index (χ2n) is 2.36. The molecule has 1 nitrogen and oxygen atoms in total. The van der Waals surface area contributed by atoms with Crippen LogP contribution in [0.2, 0.25) is 0 Å². The third-order valence-corrected chi connectivity index (χ3v) is 0.917. The van der Waals surface area contributed by atoms with E-state index in [0.717, 1.165) is 0 Å². The van der Waals surface area contributed by atoms with E-state index in [9.17, 15) is 0 Å². The molecular weight excluding hydrogens is 122 g/mol. The van der Waals surface area contributed by atoms with Crippen molar-refractivity contribution in [3.8, 4) is 0 Å². The minimum atomic E-state index is 0.619. The molecule has 0 fully saturated rings. The molecule has 0 saturated carbocycles. The zero-order valence-corrected chi connectivity index (χ0v) is 6.67. The lowest BCUT2D eigenvalue weighted by Gasteiger charge is -1.89. The van der Waals surface area contributed by atoms with Crippen LogP contribution in [0.3, 0.4) is 0 Å². The highest BCUT2D eigenvalue weighted by molar-refractivity contribution is 5.03. The minimum absolute atomic E-state index is 0.619. The van der Waals surface area contributed by atoms with Crippen LogP contribution in [0, 0.1) is 5.92 Å². The first-order chi connectivity index (χ1) is 4.77. The van der Waals surface area contributed by atoms with Gasteiger partial charge in [-0.25, -0.2) is 0 Å². The molecule has 0 aromatic rings. The second kappa shape index (κ2) is 6.14. The molecule has 0 bridgehead atoms. The van der Waals surface area contributed by atoms with Crippen LogP contribution in [0.4, 0.5) is 0 Å². The Morgan fingerprint density at radius 1 is 1.30 bits per heavy atom. The van der Waals surface area contributed by atoms with Crippen LogP contribution in [0.25, 0.3) is 0 Å². The zero-order chi connectivity index (χ0) is 7.82. The molecule has 10 heavy (non-hydrogen) atoms. The van der Waals surface area contributed by atoms with E-state index in [4.69, 9.17) is 0 Å². The van der Waals surface area contributed by atoms with Crippen molar-refractivity contribution in [1.29, 1.82) is 0 Å². The Morgan fingerprint density at radius 3 is 2.50 bits per heavy atom. The number of hydrogen-bond acceptors (Lipinski definition) is 1. The molecule has 1 N–H and O–H groups in total. The molecule has 0 aliphatic carbocycles. The average molecular weight is 137 g/mol. The highest BCUT2D eigenvalue weighted by Gasteiger charge is 1.78. The van der Waals surface area contributed by atoms with Crippen LogP contribution in [0.1, 0.15) is 13.8 Å². The second-order valence-corrected chi connectivity index (χ2v) is 2.36. The molecule has 0 amide bonds. The van der Waals surface area contributed by atoms with Gasteiger partial charge in [0.1, 0.15) is 0 Å². The third-order valence-electron chi connectivity index (χ3n) is 0.917. The lowest BCUT2D eigenvalue weighted by atomic mass is 10.2. The third kappa shape index (κ3) is 7.02. The quantitative estimate of drug-likeness (QED) is 0.587. The predicted molar refractivity (Wildman–Crippen MR) is 46.5 cm³/mol. The molecule has 1 heteroatoms. The van der Waals surface area contributed by atoms with Crippen LogP contribution in [0.5, 0.6) is 0 Å². The summed E-state index contributed by atoms with van der Waals surface area (Å²) in [5.41, 5.74) is 0. The van der Waals surface area contributed by atoms with Crippen LogP contribution in [-0.4, -0.2) is 0 Å². The van der Waals surface area contributed by atoms with Gasteiger partial charge in [-0.15, -0.1) is 0 Å². The molecule has 0 rings (SSSR count). The van der Waals surface area contributed by atoms with Gasteiger partial charge in [-0.3, -0.25) is 0 Å². The summed E-state index contributed by atoms with van der Waals surface area (Å²) >= 11 is 0. The molecule has 0 aromatic heterocycles. The predicted octanol–water partition coefficient (Wildman–Crippen LogP) is 2.45. The summed E-state index contributed by atoms with van der Waals surface area (Å²) in [7, 11) is 0. The Bertz CT molecular complexity index is 132. The van der Waals surface area contributed by atoms with Gasteiger partial charge in [0.05, 0.1) is 0 Å². The smallest absolute Gasteiger partial charge is 0.000407 e. The highest BCUT2D eigenvalue weighted by atomic mass is 14.8. The number of allylic oxidation sites excluding steroid dienone is 3. The Hall–Kier alpha value is -0.980. The Kier molecular flexibility index (Phi) is 5.54.